The van der Waals surface area contributed by atoms with E-state index in [9.17, 15) is 13.2 Å². The Hall–Kier alpha value is -2.49. The maximum Gasteiger partial charge on any atom is 0.411 e. The molecule has 1 amide bonds. The minimum absolute atomic E-state index is 0.0933. The van der Waals surface area contributed by atoms with E-state index in [1.807, 2.05) is 51.1 Å². The summed E-state index contributed by atoms with van der Waals surface area (Å²) in [5.74, 6) is 0. The number of rotatable bonds is 5. The highest BCUT2D eigenvalue weighted by Gasteiger charge is 2.40. The van der Waals surface area contributed by atoms with Crippen molar-refractivity contribution in [1.29, 1.82) is 0 Å². The molecule has 2 heterocycles. The number of carbonyl (C=O) groups excluding carboxylic acids is 1. The highest BCUT2D eigenvalue weighted by Crippen LogP contribution is 2.38. The van der Waals surface area contributed by atoms with Crippen LogP contribution in [0.25, 0.3) is 10.8 Å². The van der Waals surface area contributed by atoms with Gasteiger partial charge in [-0.05, 0) is 63.4 Å². The van der Waals surface area contributed by atoms with Gasteiger partial charge in [-0.1, -0.05) is 40.2 Å². The number of fused-ring (bicyclic) bond motifs is 1. The van der Waals surface area contributed by atoms with Gasteiger partial charge in [-0.3, -0.25) is 9.88 Å². The molecule has 7 nitrogen and oxygen atoms in total. The normalized spacial score (nSPS) is 18.9. The van der Waals surface area contributed by atoms with E-state index in [-0.39, 0.29) is 23.5 Å². The Morgan fingerprint density at radius 1 is 1.15 bits per heavy atom. The number of nitrogens with one attached hydrogen (secondary N) is 1. The zero-order valence-electron chi connectivity index (χ0n) is 19.4. The molecule has 3 aromatic rings. The first-order valence-corrected chi connectivity index (χ1v) is 13.4. The third kappa shape index (κ3) is 5.42. The van der Waals surface area contributed by atoms with Gasteiger partial charge >= 0.3 is 6.09 Å². The third-order valence-electron chi connectivity index (χ3n) is 5.80. The van der Waals surface area contributed by atoms with Gasteiger partial charge in [0.15, 0.2) is 0 Å². The summed E-state index contributed by atoms with van der Waals surface area (Å²) in [6, 6.07) is 14.1. The lowest BCUT2D eigenvalue weighted by Crippen LogP contribution is -2.46. The lowest BCUT2D eigenvalue weighted by atomic mass is 10.1. The molecular formula is C25H28BrN3O4S. The fraction of sp³-hybridized carbons (Fsp3) is 0.360. The molecule has 1 aliphatic rings. The van der Waals surface area contributed by atoms with Gasteiger partial charge in [0.25, 0.3) is 0 Å². The van der Waals surface area contributed by atoms with Crippen LogP contribution >= 0.6 is 15.9 Å². The number of benzene rings is 2. The highest BCUT2D eigenvalue weighted by molar-refractivity contribution is 9.10. The standard InChI is InChI=1S/C25H28BrN3O4S/c1-25(2,3)33-24(30)29-20(11-12-22(29)17-7-9-19(26)10-8-17)16-28-34(31,32)23-6-4-5-18-15-27-14-13-21(18)23/h4-10,13-15,20,22,28H,11-12,16H2,1-3H3/t20-,22-/m0/s1. The molecular weight excluding hydrogens is 518 g/mol. The number of amides is 1. The van der Waals surface area contributed by atoms with E-state index < -0.39 is 21.7 Å². The molecule has 0 spiro atoms. The Bertz CT molecular complexity index is 1280. The number of sulfonamides is 1. The number of halogens is 1. The summed E-state index contributed by atoms with van der Waals surface area (Å²) in [7, 11) is -3.81. The Labute approximate surface area is 208 Å². The highest BCUT2D eigenvalue weighted by atomic mass is 79.9. The minimum Gasteiger partial charge on any atom is -0.444 e. The number of pyridine rings is 1. The second-order valence-electron chi connectivity index (χ2n) is 9.39. The predicted octanol–water partition coefficient (Wildman–Crippen LogP) is 5.42. The second-order valence-corrected chi connectivity index (χ2v) is 12.0. The van der Waals surface area contributed by atoms with E-state index >= 15 is 0 Å². The molecule has 0 saturated carbocycles. The molecule has 2 atom stereocenters. The summed E-state index contributed by atoms with van der Waals surface area (Å²) in [5.41, 5.74) is 0.325. The average Bonchev–Trinajstić information content (AvgIpc) is 3.21. The smallest absolute Gasteiger partial charge is 0.411 e. The predicted molar refractivity (Wildman–Crippen MR) is 135 cm³/mol. The average molecular weight is 546 g/mol. The van der Waals surface area contributed by atoms with Crippen molar-refractivity contribution >= 4 is 42.8 Å². The molecule has 2 aromatic carbocycles. The van der Waals surface area contributed by atoms with Gasteiger partial charge in [-0.2, -0.15) is 0 Å². The van der Waals surface area contributed by atoms with Crippen LogP contribution in [0.2, 0.25) is 0 Å². The van der Waals surface area contributed by atoms with Crippen molar-refractivity contribution in [3.8, 4) is 0 Å². The zero-order chi connectivity index (χ0) is 24.5. The number of hydrogen-bond donors (Lipinski definition) is 1. The Kier molecular flexibility index (Phi) is 6.98. The molecule has 0 unspecified atom stereocenters. The molecule has 34 heavy (non-hydrogen) atoms. The van der Waals surface area contributed by atoms with Crippen molar-refractivity contribution in [3.05, 3.63) is 71.0 Å². The molecule has 1 fully saturated rings. The Balaban J connectivity index is 1.59. The van der Waals surface area contributed by atoms with Crippen LogP contribution in [-0.4, -0.2) is 42.6 Å². The van der Waals surface area contributed by atoms with Gasteiger partial charge in [0.2, 0.25) is 10.0 Å². The van der Waals surface area contributed by atoms with E-state index in [1.54, 1.807) is 35.5 Å². The van der Waals surface area contributed by atoms with E-state index in [0.29, 0.717) is 18.2 Å². The van der Waals surface area contributed by atoms with Crippen molar-refractivity contribution in [3.63, 3.8) is 0 Å². The van der Waals surface area contributed by atoms with Crippen LogP contribution in [0.5, 0.6) is 0 Å². The number of carbonyl (C=O) groups is 1. The van der Waals surface area contributed by atoms with Crippen molar-refractivity contribution in [1.82, 2.24) is 14.6 Å². The van der Waals surface area contributed by atoms with Gasteiger partial charge in [-0.15, -0.1) is 0 Å². The first-order chi connectivity index (χ1) is 16.0. The number of aromatic nitrogens is 1. The minimum atomic E-state index is -3.81. The van der Waals surface area contributed by atoms with Crippen LogP contribution in [0.4, 0.5) is 4.79 Å². The van der Waals surface area contributed by atoms with Gasteiger partial charge in [-0.25, -0.2) is 17.9 Å². The second kappa shape index (κ2) is 9.64. The van der Waals surface area contributed by atoms with E-state index in [4.69, 9.17) is 4.74 Å². The molecule has 9 heteroatoms. The van der Waals surface area contributed by atoms with E-state index in [0.717, 1.165) is 15.4 Å². The van der Waals surface area contributed by atoms with Crippen molar-refractivity contribution in [2.75, 3.05) is 6.54 Å². The molecule has 1 aromatic heterocycles. The molecule has 0 aliphatic carbocycles. The largest absolute Gasteiger partial charge is 0.444 e. The number of nitrogens with zero attached hydrogens (tertiary/aromatic N) is 2. The molecule has 0 bridgehead atoms. The van der Waals surface area contributed by atoms with Crippen LogP contribution in [0.1, 0.15) is 45.2 Å². The lowest BCUT2D eigenvalue weighted by molar-refractivity contribution is 0.0147. The third-order valence-corrected chi connectivity index (χ3v) is 7.81. The van der Waals surface area contributed by atoms with Crippen LogP contribution < -0.4 is 4.72 Å². The van der Waals surface area contributed by atoms with Crippen LogP contribution in [-0.2, 0) is 14.8 Å². The molecule has 1 aliphatic heterocycles. The molecule has 4 rings (SSSR count). The first kappa shape index (κ1) is 24.6. The Morgan fingerprint density at radius 2 is 1.88 bits per heavy atom. The summed E-state index contributed by atoms with van der Waals surface area (Å²) < 4.78 is 35.8. The molecule has 180 valence electrons. The lowest BCUT2D eigenvalue weighted by Gasteiger charge is -2.33. The maximum atomic E-state index is 13.2. The Morgan fingerprint density at radius 3 is 2.59 bits per heavy atom. The van der Waals surface area contributed by atoms with Crippen LogP contribution in [0, 0.1) is 0 Å². The number of hydrogen-bond acceptors (Lipinski definition) is 5. The van der Waals surface area contributed by atoms with E-state index in [1.165, 1.54) is 0 Å². The van der Waals surface area contributed by atoms with Gasteiger partial charge in [0.05, 0.1) is 10.9 Å². The molecule has 1 saturated heterocycles. The van der Waals surface area contributed by atoms with Crippen molar-refractivity contribution < 1.29 is 17.9 Å². The maximum absolute atomic E-state index is 13.2. The van der Waals surface area contributed by atoms with E-state index in [2.05, 4.69) is 25.6 Å². The van der Waals surface area contributed by atoms with Gasteiger partial charge in [0.1, 0.15) is 5.60 Å². The fourth-order valence-corrected chi connectivity index (χ4v) is 5.86. The summed E-state index contributed by atoms with van der Waals surface area (Å²) in [6.07, 6.45) is 4.14. The van der Waals surface area contributed by atoms with Gasteiger partial charge < -0.3 is 4.74 Å². The summed E-state index contributed by atoms with van der Waals surface area (Å²) >= 11 is 3.45. The summed E-state index contributed by atoms with van der Waals surface area (Å²) in [6.45, 7) is 5.56. The quantitative estimate of drug-likeness (QED) is 0.462. The summed E-state index contributed by atoms with van der Waals surface area (Å²) in [5, 5.41) is 1.35. The summed E-state index contributed by atoms with van der Waals surface area (Å²) in [4.78, 5) is 19.1. The van der Waals surface area contributed by atoms with Crippen molar-refractivity contribution in [2.24, 2.45) is 0 Å². The van der Waals surface area contributed by atoms with Gasteiger partial charge in [0, 0.05) is 40.2 Å². The monoisotopic (exact) mass is 545 g/mol. The van der Waals surface area contributed by atoms with Crippen LogP contribution in [0.3, 0.4) is 0 Å². The topological polar surface area (TPSA) is 88.6 Å². The van der Waals surface area contributed by atoms with Crippen LogP contribution in [0.15, 0.2) is 70.3 Å². The SMILES string of the molecule is CC(C)(C)OC(=O)N1[C@H](CNS(=O)(=O)c2cccc3cnccc23)CC[C@H]1c1ccc(Br)cc1. The fourth-order valence-electron chi connectivity index (χ4n) is 4.30. The first-order valence-electron chi connectivity index (χ1n) is 11.1. The number of ether oxygens (including phenoxy) is 1. The van der Waals surface area contributed by atoms with Crippen molar-refractivity contribution in [2.45, 2.75) is 56.2 Å². The zero-order valence-corrected chi connectivity index (χ0v) is 21.8. The molecule has 1 N–H and O–H groups in total. The number of likely N-dealkylation sites (tertiary alicyclic amines) is 1. The molecule has 0 radical (unpaired) electrons.